The monoisotopic (exact) mass is 415 g/mol. The molecular formula is C21H22ClN3O2S. The van der Waals surface area contributed by atoms with E-state index in [-0.39, 0.29) is 6.10 Å². The molecule has 0 aliphatic carbocycles. The lowest BCUT2D eigenvalue weighted by Gasteiger charge is -2.16. The van der Waals surface area contributed by atoms with Crippen molar-refractivity contribution in [2.75, 3.05) is 7.11 Å². The third-order valence-corrected chi connectivity index (χ3v) is 5.30. The average Bonchev–Trinajstić information content (AvgIpc) is 3.09. The summed E-state index contributed by atoms with van der Waals surface area (Å²) in [7, 11) is 1.67. The highest BCUT2D eigenvalue weighted by molar-refractivity contribution is 7.98. The van der Waals surface area contributed by atoms with Gasteiger partial charge >= 0.3 is 0 Å². The molecule has 5 nitrogen and oxygen atoms in total. The van der Waals surface area contributed by atoms with Crippen LogP contribution in [0, 0.1) is 0 Å². The van der Waals surface area contributed by atoms with E-state index in [0.717, 1.165) is 28.0 Å². The second-order valence-electron chi connectivity index (χ2n) is 6.10. The number of aromatic nitrogens is 3. The number of methoxy groups -OCH3 is 1. The predicted octanol–water partition coefficient (Wildman–Crippen LogP) is 5.56. The third-order valence-electron chi connectivity index (χ3n) is 4.03. The van der Waals surface area contributed by atoms with Gasteiger partial charge in [-0.05, 0) is 42.8 Å². The van der Waals surface area contributed by atoms with Gasteiger partial charge in [0.15, 0.2) is 17.1 Å². The van der Waals surface area contributed by atoms with Crippen molar-refractivity contribution in [2.24, 2.45) is 0 Å². The molecule has 0 saturated heterocycles. The van der Waals surface area contributed by atoms with Gasteiger partial charge < -0.3 is 9.47 Å². The Morgan fingerprint density at radius 3 is 2.71 bits per heavy atom. The molecule has 0 saturated carbocycles. The Bertz CT molecular complexity index is 945. The standard InChI is InChI=1S/C21H22ClN3O2S/c1-4-11-25-20(15(2)27-19-10-6-8-17(22)13-19)23-24-21(25)28-14-16-7-5-9-18(12-16)26-3/h4-10,12-13,15H,1,11,14H2,2-3H3. The molecular weight excluding hydrogens is 394 g/mol. The molecule has 1 atom stereocenters. The number of thioether (sulfide) groups is 1. The van der Waals surface area contributed by atoms with Crippen molar-refractivity contribution in [3.05, 3.63) is 77.6 Å². The molecule has 1 unspecified atom stereocenters. The van der Waals surface area contributed by atoms with Crippen molar-refractivity contribution < 1.29 is 9.47 Å². The van der Waals surface area contributed by atoms with Crippen LogP contribution in [-0.4, -0.2) is 21.9 Å². The molecule has 0 aliphatic rings. The van der Waals surface area contributed by atoms with Crippen molar-refractivity contribution in [2.45, 2.75) is 30.5 Å². The maximum atomic E-state index is 6.04. The zero-order chi connectivity index (χ0) is 19.9. The number of nitrogens with zero attached hydrogens (tertiary/aromatic N) is 3. The Balaban J connectivity index is 1.75. The van der Waals surface area contributed by atoms with Crippen molar-refractivity contribution in [3.63, 3.8) is 0 Å². The Hall–Kier alpha value is -2.44. The van der Waals surface area contributed by atoms with Gasteiger partial charge in [-0.1, -0.05) is 47.6 Å². The fraction of sp³-hybridized carbons (Fsp3) is 0.238. The summed E-state index contributed by atoms with van der Waals surface area (Å²) >= 11 is 7.66. The molecule has 0 spiro atoms. The molecule has 0 fully saturated rings. The van der Waals surface area contributed by atoms with E-state index in [1.807, 2.05) is 54.0 Å². The van der Waals surface area contributed by atoms with Gasteiger partial charge in [-0.3, -0.25) is 4.57 Å². The first-order chi connectivity index (χ1) is 13.6. The first kappa shape index (κ1) is 20.3. The van der Waals surface area contributed by atoms with Gasteiger partial charge in [-0.25, -0.2) is 0 Å². The molecule has 3 aromatic rings. The highest BCUT2D eigenvalue weighted by Crippen LogP contribution is 2.28. The molecule has 0 radical (unpaired) electrons. The van der Waals surface area contributed by atoms with Crippen LogP contribution in [0.25, 0.3) is 0 Å². The van der Waals surface area contributed by atoms with E-state index >= 15 is 0 Å². The van der Waals surface area contributed by atoms with Crippen LogP contribution in [0.1, 0.15) is 24.4 Å². The summed E-state index contributed by atoms with van der Waals surface area (Å²) in [4.78, 5) is 0. The van der Waals surface area contributed by atoms with Crippen molar-refractivity contribution in [1.29, 1.82) is 0 Å². The third kappa shape index (κ3) is 5.09. The largest absolute Gasteiger partial charge is 0.497 e. The molecule has 1 heterocycles. The van der Waals surface area contributed by atoms with Gasteiger partial charge in [-0.15, -0.1) is 16.8 Å². The summed E-state index contributed by atoms with van der Waals surface area (Å²) in [5.74, 6) is 3.04. The maximum Gasteiger partial charge on any atom is 0.191 e. The Labute approximate surface area is 174 Å². The lowest BCUT2D eigenvalue weighted by molar-refractivity contribution is 0.210. The van der Waals surface area contributed by atoms with Crippen LogP contribution in [-0.2, 0) is 12.3 Å². The molecule has 0 aliphatic heterocycles. The van der Waals surface area contributed by atoms with E-state index in [1.165, 1.54) is 0 Å². The first-order valence-electron chi connectivity index (χ1n) is 8.82. The normalized spacial score (nSPS) is 11.8. The second-order valence-corrected chi connectivity index (χ2v) is 7.48. The average molecular weight is 416 g/mol. The molecule has 1 aromatic heterocycles. The number of allylic oxidation sites excluding steroid dienone is 1. The lowest BCUT2D eigenvalue weighted by atomic mass is 10.2. The molecule has 146 valence electrons. The minimum atomic E-state index is -0.280. The van der Waals surface area contributed by atoms with E-state index in [4.69, 9.17) is 21.1 Å². The molecule has 0 N–H and O–H groups in total. The van der Waals surface area contributed by atoms with Crippen LogP contribution >= 0.6 is 23.4 Å². The van der Waals surface area contributed by atoms with Crippen LogP contribution in [0.4, 0.5) is 0 Å². The van der Waals surface area contributed by atoms with Crippen LogP contribution in [0.5, 0.6) is 11.5 Å². The van der Waals surface area contributed by atoms with Crippen molar-refractivity contribution in [3.8, 4) is 11.5 Å². The minimum absolute atomic E-state index is 0.280. The smallest absolute Gasteiger partial charge is 0.191 e. The summed E-state index contributed by atoms with van der Waals surface area (Å²) in [6.07, 6.45) is 1.55. The topological polar surface area (TPSA) is 49.2 Å². The molecule has 0 amide bonds. The van der Waals surface area contributed by atoms with Gasteiger partial charge in [0.1, 0.15) is 11.5 Å². The fourth-order valence-corrected chi connectivity index (χ4v) is 3.79. The molecule has 2 aromatic carbocycles. The maximum absolute atomic E-state index is 6.04. The van der Waals surface area contributed by atoms with E-state index < -0.39 is 0 Å². The molecule has 7 heteroatoms. The van der Waals surface area contributed by atoms with Gasteiger partial charge in [0.05, 0.1) is 7.11 Å². The number of benzene rings is 2. The van der Waals surface area contributed by atoms with Gasteiger partial charge in [0.25, 0.3) is 0 Å². The predicted molar refractivity (Wildman–Crippen MR) is 113 cm³/mol. The van der Waals surface area contributed by atoms with E-state index in [9.17, 15) is 0 Å². The number of hydrogen-bond donors (Lipinski definition) is 0. The van der Waals surface area contributed by atoms with Gasteiger partial charge in [0.2, 0.25) is 0 Å². The van der Waals surface area contributed by atoms with Crippen LogP contribution in [0.15, 0.2) is 66.3 Å². The SMILES string of the molecule is C=CCn1c(SCc2cccc(OC)c2)nnc1C(C)Oc1cccc(Cl)c1. The summed E-state index contributed by atoms with van der Waals surface area (Å²) in [5, 5.41) is 10.2. The molecule has 3 rings (SSSR count). The van der Waals surface area contributed by atoms with E-state index in [2.05, 4.69) is 22.8 Å². The molecule has 0 bridgehead atoms. The van der Waals surface area contributed by atoms with Gasteiger partial charge in [-0.2, -0.15) is 0 Å². The number of hydrogen-bond acceptors (Lipinski definition) is 5. The second kappa shape index (κ2) is 9.66. The van der Waals surface area contributed by atoms with E-state index in [1.54, 1.807) is 24.9 Å². The lowest BCUT2D eigenvalue weighted by Crippen LogP contribution is -2.12. The number of rotatable bonds is 9. The van der Waals surface area contributed by atoms with Crippen LogP contribution in [0.2, 0.25) is 5.02 Å². The first-order valence-corrected chi connectivity index (χ1v) is 10.2. The summed E-state index contributed by atoms with van der Waals surface area (Å²) in [5.41, 5.74) is 1.15. The zero-order valence-electron chi connectivity index (χ0n) is 15.8. The van der Waals surface area contributed by atoms with Crippen LogP contribution < -0.4 is 9.47 Å². The molecule has 28 heavy (non-hydrogen) atoms. The highest BCUT2D eigenvalue weighted by Gasteiger charge is 2.19. The quantitative estimate of drug-likeness (QED) is 0.338. The Morgan fingerprint density at radius 1 is 1.18 bits per heavy atom. The highest BCUT2D eigenvalue weighted by atomic mass is 35.5. The summed E-state index contributed by atoms with van der Waals surface area (Å²) in [6.45, 7) is 6.40. The van der Waals surface area contributed by atoms with Gasteiger partial charge in [0, 0.05) is 17.3 Å². The zero-order valence-corrected chi connectivity index (χ0v) is 17.4. The minimum Gasteiger partial charge on any atom is -0.497 e. The summed E-state index contributed by atoms with van der Waals surface area (Å²) < 4.78 is 13.3. The Morgan fingerprint density at radius 2 is 1.96 bits per heavy atom. The van der Waals surface area contributed by atoms with E-state index in [0.29, 0.717) is 17.3 Å². The van der Waals surface area contributed by atoms with Crippen molar-refractivity contribution >= 4 is 23.4 Å². The number of ether oxygens (including phenoxy) is 2. The number of halogens is 1. The van der Waals surface area contributed by atoms with Crippen molar-refractivity contribution in [1.82, 2.24) is 14.8 Å². The van der Waals surface area contributed by atoms with Crippen LogP contribution in [0.3, 0.4) is 0 Å². The summed E-state index contributed by atoms with van der Waals surface area (Å²) in [6, 6.07) is 15.3. The Kier molecular flexibility index (Phi) is 7.01. The fourth-order valence-electron chi connectivity index (χ4n) is 2.72.